The number of hydrogen-bond acceptors (Lipinski definition) is 5. The third-order valence-corrected chi connectivity index (χ3v) is 4.70. The molecule has 1 saturated carbocycles. The Kier molecular flexibility index (Phi) is 3.59. The maximum atomic E-state index is 11.3. The van der Waals surface area contributed by atoms with Gasteiger partial charge < -0.3 is 9.32 Å². The number of nitrogens with zero attached hydrogens (tertiary/aromatic N) is 1. The molecule has 5 nitrogen and oxygen atoms in total. The maximum absolute atomic E-state index is 11.3. The third kappa shape index (κ3) is 2.61. The molecule has 1 aliphatic rings. The lowest BCUT2D eigenvalue weighted by molar-refractivity contribution is -0.109. The van der Waals surface area contributed by atoms with Gasteiger partial charge in [0.1, 0.15) is 17.0 Å². The largest absolute Gasteiger partial charge is 0.356 e. The Hall–Kier alpha value is -1.66. The molecule has 0 unspecified atom stereocenters. The van der Waals surface area contributed by atoms with Crippen molar-refractivity contribution < 1.29 is 17.7 Å². The fraction of sp³-hybridized carbons (Fsp3) is 0.286. The van der Waals surface area contributed by atoms with Crippen molar-refractivity contribution in [1.29, 1.82) is 0 Å². The molecule has 0 spiro atoms. The van der Waals surface area contributed by atoms with Gasteiger partial charge in [-0.25, -0.2) is 8.42 Å². The third-order valence-electron chi connectivity index (χ3n) is 3.73. The van der Waals surface area contributed by atoms with Crippen LogP contribution in [0.3, 0.4) is 0 Å². The second-order valence-corrected chi connectivity index (χ2v) is 6.53. The van der Waals surface area contributed by atoms with Crippen LogP contribution in [0.15, 0.2) is 28.9 Å². The molecule has 0 saturated heterocycles. The molecule has 1 aliphatic carbocycles. The Morgan fingerprint density at radius 1 is 1.38 bits per heavy atom. The Bertz CT molecular complexity index is 769. The summed E-state index contributed by atoms with van der Waals surface area (Å²) in [6.45, 7) is 0. The summed E-state index contributed by atoms with van der Waals surface area (Å²) in [5.41, 5.74) is 1.42. The Morgan fingerprint density at radius 3 is 2.76 bits per heavy atom. The molecular weight excluding hydrogens is 314 g/mol. The molecular formula is C14H12ClNO4S. The van der Waals surface area contributed by atoms with Gasteiger partial charge in [0.25, 0.3) is 0 Å². The average Bonchev–Trinajstić information content (AvgIpc) is 3.10. The summed E-state index contributed by atoms with van der Waals surface area (Å²) >= 11 is 6.00. The summed E-state index contributed by atoms with van der Waals surface area (Å²) in [7, 11) is -2.57. The van der Waals surface area contributed by atoms with Crippen LogP contribution < -0.4 is 0 Å². The van der Waals surface area contributed by atoms with E-state index in [1.807, 2.05) is 0 Å². The first-order chi connectivity index (χ1) is 10.1. The van der Waals surface area contributed by atoms with E-state index < -0.39 is 16.1 Å². The lowest BCUT2D eigenvalue weighted by Crippen LogP contribution is -2.07. The molecule has 1 aromatic carbocycles. The van der Waals surface area contributed by atoms with Crippen LogP contribution in [-0.2, 0) is 26.7 Å². The van der Waals surface area contributed by atoms with E-state index in [0.717, 1.165) is 24.7 Å². The highest BCUT2D eigenvalue weighted by atomic mass is 35.5. The molecule has 0 aliphatic heterocycles. The molecule has 0 atom stereocenters. The quantitative estimate of drug-likeness (QED) is 0.674. The average molecular weight is 326 g/mol. The van der Waals surface area contributed by atoms with Crippen LogP contribution in [0.5, 0.6) is 0 Å². The number of aldehydes is 1. The van der Waals surface area contributed by atoms with E-state index in [1.54, 1.807) is 24.4 Å². The number of carbonyl (C=O) groups is 1. The molecule has 3 rings (SSSR count). The number of carbonyl (C=O) groups excluding carboxylic acids is 1. The smallest absolute Gasteiger partial charge is 0.171 e. The lowest BCUT2D eigenvalue weighted by atomic mass is 9.95. The predicted molar refractivity (Wildman–Crippen MR) is 77.9 cm³/mol. The highest BCUT2D eigenvalue weighted by Crippen LogP contribution is 2.49. The summed E-state index contributed by atoms with van der Waals surface area (Å²) in [6.07, 6.45) is 4.03. The van der Waals surface area contributed by atoms with Gasteiger partial charge in [0.15, 0.2) is 5.76 Å². The van der Waals surface area contributed by atoms with Crippen molar-refractivity contribution in [2.75, 3.05) is 0 Å². The first-order valence-electron chi connectivity index (χ1n) is 6.38. The first-order valence-corrected chi connectivity index (χ1v) is 8.12. The summed E-state index contributed by atoms with van der Waals surface area (Å²) in [6, 6.07) is 5.02. The fourth-order valence-electron chi connectivity index (χ4n) is 2.36. The Morgan fingerprint density at radius 2 is 2.14 bits per heavy atom. The standard InChI is InChI=1S/C14H12ClNO4S/c15-12-2-1-9(5-10(12)7-21(18)19)13-11(6-16-20-13)14(8-17)3-4-14/h1-2,5-6,8,21H,3-4,7H2. The van der Waals surface area contributed by atoms with Gasteiger partial charge in [0.05, 0.1) is 17.4 Å². The molecule has 0 amide bonds. The van der Waals surface area contributed by atoms with E-state index in [1.165, 1.54) is 0 Å². The van der Waals surface area contributed by atoms with Gasteiger partial charge in [-0.05, 0) is 36.6 Å². The summed E-state index contributed by atoms with van der Waals surface area (Å²) in [5.74, 6) is 0.364. The zero-order valence-corrected chi connectivity index (χ0v) is 12.6. The van der Waals surface area contributed by atoms with E-state index in [-0.39, 0.29) is 5.75 Å². The van der Waals surface area contributed by atoms with Crippen molar-refractivity contribution in [3.05, 3.63) is 40.5 Å². The molecule has 0 N–H and O–H groups in total. The SMILES string of the molecule is O=CC1(c2cnoc2-c2ccc(Cl)c(C[SH](=O)=O)c2)CC1. The zero-order valence-electron chi connectivity index (χ0n) is 10.9. The van der Waals surface area contributed by atoms with Crippen LogP contribution in [-0.4, -0.2) is 19.9 Å². The number of aromatic nitrogens is 1. The van der Waals surface area contributed by atoms with E-state index in [4.69, 9.17) is 16.1 Å². The van der Waals surface area contributed by atoms with Gasteiger partial charge in [-0.15, -0.1) is 0 Å². The second kappa shape index (κ2) is 5.27. The number of thiol groups is 1. The Labute approximate surface area is 127 Å². The number of hydrogen-bond donors (Lipinski definition) is 1. The van der Waals surface area contributed by atoms with Crippen molar-refractivity contribution in [1.82, 2.24) is 5.16 Å². The first kappa shape index (κ1) is 14.3. The van der Waals surface area contributed by atoms with Crippen LogP contribution in [0.25, 0.3) is 11.3 Å². The molecule has 2 aromatic rings. The van der Waals surface area contributed by atoms with Crippen LogP contribution in [0, 0.1) is 0 Å². The molecule has 1 heterocycles. The Balaban J connectivity index is 2.06. The molecule has 110 valence electrons. The molecule has 1 aromatic heterocycles. The normalized spacial score (nSPS) is 16.1. The van der Waals surface area contributed by atoms with E-state index >= 15 is 0 Å². The van der Waals surface area contributed by atoms with Crippen molar-refractivity contribution in [3.8, 4) is 11.3 Å². The van der Waals surface area contributed by atoms with Crippen LogP contribution in [0.4, 0.5) is 0 Å². The topological polar surface area (TPSA) is 77.2 Å². The van der Waals surface area contributed by atoms with Gasteiger partial charge in [0.2, 0.25) is 0 Å². The van der Waals surface area contributed by atoms with Crippen molar-refractivity contribution in [3.63, 3.8) is 0 Å². The van der Waals surface area contributed by atoms with Crippen molar-refractivity contribution >= 4 is 28.6 Å². The summed E-state index contributed by atoms with van der Waals surface area (Å²) in [5, 5.41) is 4.16. The van der Waals surface area contributed by atoms with E-state index in [2.05, 4.69) is 5.16 Å². The number of halogens is 1. The van der Waals surface area contributed by atoms with E-state index in [0.29, 0.717) is 21.9 Å². The minimum absolute atomic E-state index is 0.135. The summed E-state index contributed by atoms with van der Waals surface area (Å²) < 4.78 is 27.1. The van der Waals surface area contributed by atoms with Crippen LogP contribution in [0.1, 0.15) is 24.0 Å². The van der Waals surface area contributed by atoms with Crippen LogP contribution in [0.2, 0.25) is 5.02 Å². The van der Waals surface area contributed by atoms with Gasteiger partial charge >= 0.3 is 0 Å². The molecule has 7 heteroatoms. The van der Waals surface area contributed by atoms with Crippen LogP contribution >= 0.6 is 11.6 Å². The molecule has 0 radical (unpaired) electrons. The molecule has 1 fully saturated rings. The maximum Gasteiger partial charge on any atom is 0.171 e. The number of benzene rings is 1. The lowest BCUT2D eigenvalue weighted by Gasteiger charge is -2.08. The number of rotatable bonds is 5. The van der Waals surface area contributed by atoms with E-state index in [9.17, 15) is 13.2 Å². The van der Waals surface area contributed by atoms with Gasteiger partial charge in [-0.2, -0.15) is 0 Å². The minimum Gasteiger partial charge on any atom is -0.356 e. The van der Waals surface area contributed by atoms with Crippen molar-refractivity contribution in [2.24, 2.45) is 0 Å². The van der Waals surface area contributed by atoms with Gasteiger partial charge in [-0.1, -0.05) is 16.8 Å². The fourth-order valence-corrected chi connectivity index (χ4v) is 3.18. The van der Waals surface area contributed by atoms with Crippen molar-refractivity contribution in [2.45, 2.75) is 24.0 Å². The highest BCUT2D eigenvalue weighted by Gasteiger charge is 2.47. The monoisotopic (exact) mass is 325 g/mol. The molecule has 0 bridgehead atoms. The van der Waals surface area contributed by atoms with Gasteiger partial charge in [0, 0.05) is 16.1 Å². The summed E-state index contributed by atoms with van der Waals surface area (Å²) in [4.78, 5) is 11.3. The zero-order chi connectivity index (χ0) is 15.0. The second-order valence-electron chi connectivity index (χ2n) is 5.14. The van der Waals surface area contributed by atoms with Gasteiger partial charge in [-0.3, -0.25) is 0 Å². The predicted octanol–water partition coefficient (Wildman–Crippen LogP) is 2.34. The molecule has 21 heavy (non-hydrogen) atoms. The minimum atomic E-state index is -2.57. The highest BCUT2D eigenvalue weighted by molar-refractivity contribution is 7.71.